The molecule has 0 atom stereocenters. The van der Waals surface area contributed by atoms with Crippen LogP contribution in [0.15, 0.2) is 82.2 Å². The first kappa shape index (κ1) is 21.1. The molecule has 0 fully saturated rings. The zero-order chi connectivity index (χ0) is 20.6. The molecule has 0 aromatic heterocycles. The lowest BCUT2D eigenvalue weighted by Crippen LogP contribution is -2.15. The molecule has 3 aromatic rings. The second-order valence-electron chi connectivity index (χ2n) is 6.20. The molecule has 0 unspecified atom stereocenters. The van der Waals surface area contributed by atoms with Gasteiger partial charge in [0.25, 0.3) is 0 Å². The first-order valence-corrected chi connectivity index (χ1v) is 10.6. The fourth-order valence-electron chi connectivity index (χ4n) is 2.55. The van der Waals surface area contributed by atoms with E-state index in [0.717, 1.165) is 10.5 Å². The average Bonchev–Trinajstić information content (AvgIpc) is 2.70. The summed E-state index contributed by atoms with van der Waals surface area (Å²) in [6, 6.07) is 21.2. The second kappa shape index (κ2) is 10.2. The maximum Gasteiger partial charge on any atom is 0.234 e. The van der Waals surface area contributed by atoms with E-state index >= 15 is 0 Å². The molecule has 2 N–H and O–H groups in total. The highest BCUT2D eigenvalue weighted by atomic mass is 79.9. The first-order valence-electron chi connectivity index (χ1n) is 8.81. The minimum absolute atomic E-state index is 0.0903. The summed E-state index contributed by atoms with van der Waals surface area (Å²) >= 11 is 4.51. The molecule has 4 nitrogen and oxygen atoms in total. The molecule has 0 aliphatic heterocycles. The fraction of sp³-hybridized carbons (Fsp3) is 0.0909. The third kappa shape index (κ3) is 6.73. The molecule has 0 saturated carbocycles. The van der Waals surface area contributed by atoms with E-state index in [1.165, 1.54) is 23.9 Å². The molecule has 0 saturated heterocycles. The SMILES string of the molecule is O=C(Cc1ccccc1)Nc1ccc(SCC(=O)Nc2ccc(Br)cc2F)cc1. The number of hydrogen-bond acceptors (Lipinski definition) is 3. The second-order valence-corrected chi connectivity index (χ2v) is 8.16. The molecule has 2 amide bonds. The minimum atomic E-state index is -0.492. The summed E-state index contributed by atoms with van der Waals surface area (Å²) in [6.45, 7) is 0. The molecule has 29 heavy (non-hydrogen) atoms. The van der Waals surface area contributed by atoms with Crippen LogP contribution in [0.25, 0.3) is 0 Å². The van der Waals surface area contributed by atoms with Crippen molar-refractivity contribution in [3.63, 3.8) is 0 Å². The van der Waals surface area contributed by atoms with Gasteiger partial charge in [-0.25, -0.2) is 4.39 Å². The van der Waals surface area contributed by atoms with Gasteiger partial charge in [0, 0.05) is 15.1 Å². The number of halogens is 2. The van der Waals surface area contributed by atoms with Crippen LogP contribution in [0, 0.1) is 5.82 Å². The standard InChI is InChI=1S/C22H18BrFN2O2S/c23-16-6-11-20(19(24)13-16)26-22(28)14-29-18-9-7-17(8-10-18)25-21(27)12-15-4-2-1-3-5-15/h1-11,13H,12,14H2,(H,25,27)(H,26,28). The monoisotopic (exact) mass is 472 g/mol. The van der Waals surface area contributed by atoms with Gasteiger partial charge in [-0.05, 0) is 48.0 Å². The number of amides is 2. The van der Waals surface area contributed by atoms with Gasteiger partial charge >= 0.3 is 0 Å². The van der Waals surface area contributed by atoms with Crippen molar-refractivity contribution in [2.45, 2.75) is 11.3 Å². The van der Waals surface area contributed by atoms with Gasteiger partial charge in [0.05, 0.1) is 17.9 Å². The van der Waals surface area contributed by atoms with Gasteiger partial charge in [-0.2, -0.15) is 0 Å². The smallest absolute Gasteiger partial charge is 0.234 e. The lowest BCUT2D eigenvalue weighted by atomic mass is 10.1. The van der Waals surface area contributed by atoms with Crippen LogP contribution in [0.4, 0.5) is 15.8 Å². The van der Waals surface area contributed by atoms with Gasteiger partial charge < -0.3 is 10.6 Å². The van der Waals surface area contributed by atoms with E-state index in [4.69, 9.17) is 0 Å². The molecule has 3 aromatic carbocycles. The minimum Gasteiger partial charge on any atom is -0.326 e. The van der Waals surface area contributed by atoms with Crippen molar-refractivity contribution in [2.75, 3.05) is 16.4 Å². The van der Waals surface area contributed by atoms with Crippen LogP contribution in [0.1, 0.15) is 5.56 Å². The van der Waals surface area contributed by atoms with Gasteiger partial charge in [-0.3, -0.25) is 9.59 Å². The van der Waals surface area contributed by atoms with Crippen LogP contribution in [-0.2, 0) is 16.0 Å². The van der Waals surface area contributed by atoms with Crippen molar-refractivity contribution in [3.05, 3.63) is 88.6 Å². The molecular formula is C22H18BrFN2O2S. The van der Waals surface area contributed by atoms with Crippen molar-refractivity contribution in [3.8, 4) is 0 Å². The first-order chi connectivity index (χ1) is 14.0. The predicted molar refractivity (Wildman–Crippen MR) is 119 cm³/mol. The van der Waals surface area contributed by atoms with E-state index in [1.807, 2.05) is 42.5 Å². The van der Waals surface area contributed by atoms with Crippen molar-refractivity contribution in [2.24, 2.45) is 0 Å². The molecule has 0 heterocycles. The molecule has 7 heteroatoms. The van der Waals surface area contributed by atoms with Crippen LogP contribution in [0.3, 0.4) is 0 Å². The van der Waals surface area contributed by atoms with E-state index in [9.17, 15) is 14.0 Å². The molecule has 0 bridgehead atoms. The van der Waals surface area contributed by atoms with Crippen molar-refractivity contribution < 1.29 is 14.0 Å². The van der Waals surface area contributed by atoms with E-state index in [-0.39, 0.29) is 23.3 Å². The van der Waals surface area contributed by atoms with Crippen LogP contribution >= 0.6 is 27.7 Å². The highest BCUT2D eigenvalue weighted by molar-refractivity contribution is 9.10. The van der Waals surface area contributed by atoms with Crippen molar-refractivity contribution in [1.82, 2.24) is 0 Å². The van der Waals surface area contributed by atoms with Crippen LogP contribution in [0.2, 0.25) is 0 Å². The summed E-state index contributed by atoms with van der Waals surface area (Å²) < 4.78 is 14.4. The van der Waals surface area contributed by atoms with Crippen LogP contribution < -0.4 is 10.6 Å². The zero-order valence-electron chi connectivity index (χ0n) is 15.3. The van der Waals surface area contributed by atoms with Crippen molar-refractivity contribution in [1.29, 1.82) is 0 Å². The van der Waals surface area contributed by atoms with Gasteiger partial charge in [0.1, 0.15) is 5.82 Å². The summed E-state index contributed by atoms with van der Waals surface area (Å²) in [5.74, 6) is -0.729. The molecular weight excluding hydrogens is 455 g/mol. The number of nitrogens with one attached hydrogen (secondary N) is 2. The fourth-order valence-corrected chi connectivity index (χ4v) is 3.58. The molecule has 148 valence electrons. The highest BCUT2D eigenvalue weighted by Gasteiger charge is 2.09. The zero-order valence-corrected chi connectivity index (χ0v) is 17.7. The van der Waals surface area contributed by atoms with Gasteiger partial charge in [-0.15, -0.1) is 11.8 Å². The quantitative estimate of drug-likeness (QED) is 0.446. The van der Waals surface area contributed by atoms with E-state index in [2.05, 4.69) is 26.6 Å². The summed E-state index contributed by atoms with van der Waals surface area (Å²) in [7, 11) is 0. The predicted octanol–water partition coefficient (Wildman–Crippen LogP) is 5.50. The normalized spacial score (nSPS) is 10.4. The molecule has 0 aliphatic rings. The number of anilines is 2. The Morgan fingerprint density at radius 3 is 2.31 bits per heavy atom. The van der Waals surface area contributed by atoms with Gasteiger partial charge in [-0.1, -0.05) is 46.3 Å². The third-order valence-corrected chi connectivity index (χ3v) is 5.43. The molecule has 0 aliphatic carbocycles. The van der Waals surface area contributed by atoms with Crippen LogP contribution in [-0.4, -0.2) is 17.6 Å². The Kier molecular flexibility index (Phi) is 7.43. The number of carbonyl (C=O) groups excluding carboxylic acids is 2. The summed E-state index contributed by atoms with van der Waals surface area (Å²) in [6.07, 6.45) is 0.310. The number of carbonyl (C=O) groups is 2. The number of rotatable bonds is 7. The Morgan fingerprint density at radius 1 is 0.897 bits per heavy atom. The van der Waals surface area contributed by atoms with E-state index in [0.29, 0.717) is 16.6 Å². The topological polar surface area (TPSA) is 58.2 Å². The lowest BCUT2D eigenvalue weighted by Gasteiger charge is -2.08. The number of thioether (sulfide) groups is 1. The Bertz CT molecular complexity index is 997. The average molecular weight is 473 g/mol. The Hall–Kier alpha value is -2.64. The van der Waals surface area contributed by atoms with Crippen molar-refractivity contribution >= 4 is 50.9 Å². The maximum atomic E-state index is 13.8. The number of benzene rings is 3. The summed E-state index contributed by atoms with van der Waals surface area (Å²) in [4.78, 5) is 25.0. The molecule has 3 rings (SSSR count). The van der Waals surface area contributed by atoms with E-state index in [1.54, 1.807) is 18.2 Å². The Balaban J connectivity index is 1.47. The maximum absolute atomic E-state index is 13.8. The highest BCUT2D eigenvalue weighted by Crippen LogP contribution is 2.22. The largest absolute Gasteiger partial charge is 0.326 e. The van der Waals surface area contributed by atoms with E-state index < -0.39 is 5.82 Å². The van der Waals surface area contributed by atoms with Gasteiger partial charge in [0.15, 0.2) is 0 Å². The number of hydrogen-bond donors (Lipinski definition) is 2. The molecule has 0 radical (unpaired) electrons. The lowest BCUT2D eigenvalue weighted by molar-refractivity contribution is -0.115. The Labute approximate surface area is 181 Å². The Morgan fingerprint density at radius 2 is 1.62 bits per heavy atom. The van der Waals surface area contributed by atoms with Gasteiger partial charge in [0.2, 0.25) is 11.8 Å². The molecule has 0 spiro atoms. The summed E-state index contributed by atoms with van der Waals surface area (Å²) in [5, 5.41) is 5.41. The third-order valence-electron chi connectivity index (χ3n) is 3.92. The summed E-state index contributed by atoms with van der Waals surface area (Å²) in [5.41, 5.74) is 1.79. The van der Waals surface area contributed by atoms with Crippen LogP contribution in [0.5, 0.6) is 0 Å².